The van der Waals surface area contributed by atoms with Crippen LogP contribution in [0.25, 0.3) is 45.0 Å². The van der Waals surface area contributed by atoms with Crippen LogP contribution in [0, 0.1) is 34.6 Å². The Morgan fingerprint density at radius 1 is 0.392 bits per heavy atom. The normalized spacial score (nSPS) is 15.7. The highest BCUT2D eigenvalue weighted by Crippen LogP contribution is 2.56. The third-order valence-corrected chi connectivity index (χ3v) is 24.2. The molecule has 4 aliphatic carbocycles. The zero-order chi connectivity index (χ0) is 88.5. The van der Waals surface area contributed by atoms with Crippen LogP contribution in [0.3, 0.4) is 0 Å². The molecule has 0 spiro atoms. The Labute approximate surface area is 726 Å². The molecule has 0 unspecified atom stereocenters. The van der Waals surface area contributed by atoms with E-state index in [1.54, 1.807) is 69.7 Å². The third-order valence-electron chi connectivity index (χ3n) is 24.2. The molecule has 2 aliphatic heterocycles. The summed E-state index contributed by atoms with van der Waals surface area (Å²) in [5.41, 5.74) is 16.5. The lowest BCUT2D eigenvalue weighted by Crippen LogP contribution is -2.28. The number of Topliss-reactive ketones (excluding diaryl/α,β-unsaturated/α-hetero) is 2. The number of aromatic carboxylic acids is 2. The number of amides is 2. The van der Waals surface area contributed by atoms with Gasteiger partial charge in [-0.3, -0.25) is 29.1 Å². The van der Waals surface area contributed by atoms with Crippen molar-refractivity contribution >= 4 is 47.0 Å². The first-order valence-corrected chi connectivity index (χ1v) is 41.4. The summed E-state index contributed by atoms with van der Waals surface area (Å²) in [4.78, 5) is 94.2. The Morgan fingerprint density at radius 3 is 1.26 bits per heavy atom. The molecule has 8 aromatic carbocycles. The first kappa shape index (κ1) is 86.1. The summed E-state index contributed by atoms with van der Waals surface area (Å²) in [6.07, 6.45) is 0.395. The highest BCUT2D eigenvalue weighted by molar-refractivity contribution is 6.02. The first-order valence-electron chi connectivity index (χ1n) is 41.4. The lowest BCUT2D eigenvalue weighted by Gasteiger charge is -2.17. The number of aromatic nitrogens is 4. The van der Waals surface area contributed by atoms with E-state index in [0.29, 0.717) is 76.8 Å². The van der Waals surface area contributed by atoms with E-state index in [0.717, 1.165) is 117 Å². The maximum absolute atomic E-state index is 13.4. The molecule has 0 atom stereocenters. The zero-order valence-electron chi connectivity index (χ0n) is 70.4. The summed E-state index contributed by atoms with van der Waals surface area (Å²) < 4.78 is 82.0. The minimum atomic E-state index is -3.70. The molecule has 125 heavy (non-hydrogen) atoms. The minimum Gasteiger partial charge on any atom is -0.497 e. The SMILES string of the molecule is CCc1ccc(-c2nc(NC(=O)C3(c4ccc(OC)cc4)CC3)ccc2C)cc1.CCc1ccc(CC(=O)C2(c3ccc4c(c3)OC(F)(F)O4)CC2)nc1-c1ccc(C(=O)O)cc1.COc1ccc(C2(C(=O)Nc3ccc(C)c(-c4ccccc4C)n3)CC2)cc1.Cc1cc(-c2nc(CC(=O)C3(c4ccc5c(c4)OC(F)(F)O5)CC3)ccc2C)ccc1C(=O)O.[HH].[HH].[HH].[HH]. The van der Waals surface area contributed by atoms with Crippen LogP contribution in [0.2, 0.25) is 0 Å². The highest BCUT2D eigenvalue weighted by Gasteiger charge is 2.55. The standard InChI is InChI=1S/2C26H21F2NO5.C25H26N2O2.C24H24N2O2.4H2/c1-14-3-6-18(29-23(14)16-4-7-19(24(31)32)15(2)11-16)13-22(30)25(9-10-25)17-5-8-20-21(12-17)34-26(27,28)33-20;1-2-15-7-9-19(29-23(15)16-3-5-17(6-4-16)24(31)32)14-22(30)25(11-12-25)18-8-10-20-21(13-18)34-26(27,28)33-20;1-4-18-6-8-19(9-7-18)23-17(2)5-14-22(26-23)27-24(28)25(15-16-25)20-10-12-21(29-3)13-11-20;1-16-6-4-5-7-20(16)22-17(2)8-13-21(25-22)26-23(27)24(14-15-24)18-9-11-19(28-3)12-10-18;;;;/h3-8,11-12H,9-10,13H2,1-2H3,(H,31,32);3-10,13H,2,11-12,14H2,1H3,(H,31,32);5-14H,4,15-16H2,1-3H3,(H,26,27,28);4-13H,14-15H2,1-3H3,(H,25,26,27);4*1H. The lowest BCUT2D eigenvalue weighted by atomic mass is 9.88. The van der Waals surface area contributed by atoms with E-state index in [4.69, 9.17) is 34.5 Å². The number of pyridine rings is 4. The molecule has 4 fully saturated rings. The van der Waals surface area contributed by atoms with Gasteiger partial charge in [0.15, 0.2) is 23.0 Å². The van der Waals surface area contributed by atoms with Crippen LogP contribution in [-0.2, 0) is 66.5 Å². The second kappa shape index (κ2) is 34.8. The Balaban J connectivity index is 0.000000165. The van der Waals surface area contributed by atoms with Crippen LogP contribution in [0.5, 0.6) is 34.5 Å². The molecular weight excluding hydrogens is 1600 g/mol. The van der Waals surface area contributed by atoms with Crippen LogP contribution in [-0.4, -0.2) is 92.3 Å². The number of carboxylic acid groups (broad SMARTS) is 2. The van der Waals surface area contributed by atoms with Crippen molar-refractivity contribution in [2.45, 2.75) is 160 Å². The number of nitrogens with one attached hydrogen (secondary N) is 2. The molecule has 0 bridgehead atoms. The Hall–Kier alpha value is -13.9. The Bertz CT molecular complexity index is 6210. The van der Waals surface area contributed by atoms with Gasteiger partial charge in [0.05, 0.1) is 69.8 Å². The molecule has 6 aliphatic rings. The van der Waals surface area contributed by atoms with Gasteiger partial charge in [0.25, 0.3) is 0 Å². The molecule has 18 rings (SSSR count). The molecule has 20 nitrogen and oxygen atoms in total. The summed E-state index contributed by atoms with van der Waals surface area (Å²) >= 11 is 0. The number of ether oxygens (including phenoxy) is 6. The van der Waals surface area contributed by atoms with Gasteiger partial charge in [-0.1, -0.05) is 141 Å². The summed E-state index contributed by atoms with van der Waals surface area (Å²) in [6.45, 7) is 13.9. The van der Waals surface area contributed by atoms with Crippen molar-refractivity contribution < 1.29 is 90.7 Å². The lowest BCUT2D eigenvalue weighted by molar-refractivity contribution is -0.287. The quantitative estimate of drug-likeness (QED) is 0.0409. The van der Waals surface area contributed by atoms with Crippen molar-refractivity contribution in [1.29, 1.82) is 0 Å². The molecule has 24 heteroatoms. The van der Waals surface area contributed by atoms with E-state index in [1.807, 2.05) is 131 Å². The fraction of sp³-hybridized carbons (Fsp3) is 0.267. The number of carbonyl (C=O) groups is 6. The minimum absolute atomic E-state index is 0. The average molecular weight is 1700 g/mol. The zero-order valence-corrected chi connectivity index (χ0v) is 70.4. The summed E-state index contributed by atoms with van der Waals surface area (Å²) in [7, 11) is 3.29. The molecule has 4 saturated carbocycles. The average Bonchev–Trinajstić information content (AvgIpc) is 1.56. The number of halogens is 4. The summed E-state index contributed by atoms with van der Waals surface area (Å²) in [5, 5.41) is 24.5. The number of benzene rings is 8. The Kier molecular flexibility index (Phi) is 23.9. The first-order chi connectivity index (χ1) is 59.9. The monoisotopic (exact) mass is 1700 g/mol. The van der Waals surface area contributed by atoms with Gasteiger partial charge < -0.3 is 49.3 Å². The van der Waals surface area contributed by atoms with E-state index in [-0.39, 0.29) is 76.1 Å². The van der Waals surface area contributed by atoms with Gasteiger partial charge in [-0.2, -0.15) is 0 Å². The van der Waals surface area contributed by atoms with Crippen LogP contribution in [0.15, 0.2) is 224 Å². The highest BCUT2D eigenvalue weighted by atomic mass is 19.3. The fourth-order valence-electron chi connectivity index (χ4n) is 16.1. The molecule has 12 aromatic rings. The number of hydrogen-bond acceptors (Lipinski definition) is 16. The van der Waals surface area contributed by atoms with E-state index in [2.05, 4.69) is 79.8 Å². The molecule has 646 valence electrons. The molecular formula is C101H100F4N6O14. The number of anilines is 2. The molecule has 2 amide bonds. The van der Waals surface area contributed by atoms with Crippen LogP contribution in [0.4, 0.5) is 29.2 Å². The number of rotatable bonds is 24. The third kappa shape index (κ3) is 18.4. The van der Waals surface area contributed by atoms with Crippen LogP contribution >= 0.6 is 0 Å². The van der Waals surface area contributed by atoms with E-state index < -0.39 is 46.2 Å². The van der Waals surface area contributed by atoms with Gasteiger partial charge in [-0.25, -0.2) is 19.6 Å². The number of hydrogen-bond donors (Lipinski definition) is 4. The fourth-order valence-corrected chi connectivity index (χ4v) is 16.1. The number of ketones is 2. The van der Waals surface area contributed by atoms with Crippen LogP contribution < -0.4 is 39.1 Å². The number of nitrogens with zero attached hydrogens (tertiary/aromatic N) is 4. The molecule has 4 N–H and O–H groups in total. The van der Waals surface area contributed by atoms with Crippen molar-refractivity contribution in [2.24, 2.45) is 0 Å². The van der Waals surface area contributed by atoms with Crippen molar-refractivity contribution in [1.82, 2.24) is 19.9 Å². The summed E-state index contributed by atoms with van der Waals surface area (Å²) in [5.74, 6) is 0.466. The van der Waals surface area contributed by atoms with Crippen molar-refractivity contribution in [3.8, 4) is 79.5 Å². The number of fused-ring (bicyclic) bond motifs is 2. The predicted octanol–water partition coefficient (Wildman–Crippen LogP) is 21.7. The van der Waals surface area contributed by atoms with E-state index in [9.17, 15) is 51.4 Å². The molecule has 6 heterocycles. The predicted molar refractivity (Wildman–Crippen MR) is 473 cm³/mol. The number of carboxylic acids is 2. The molecule has 4 aromatic heterocycles. The van der Waals surface area contributed by atoms with Crippen molar-refractivity contribution in [3.63, 3.8) is 0 Å². The van der Waals surface area contributed by atoms with Gasteiger partial charge in [0.2, 0.25) is 11.8 Å². The van der Waals surface area contributed by atoms with Gasteiger partial charge in [-0.05, 0) is 257 Å². The smallest absolute Gasteiger partial charge is 0.497 e. The number of aryl methyl sites for hydroxylation is 7. The van der Waals surface area contributed by atoms with Gasteiger partial charge in [0.1, 0.15) is 34.7 Å². The number of alkyl halides is 4. The number of methoxy groups -OCH3 is 2. The van der Waals surface area contributed by atoms with Gasteiger partial charge in [0, 0.05) is 52.2 Å². The second-order valence-electron chi connectivity index (χ2n) is 32.5. The van der Waals surface area contributed by atoms with Gasteiger partial charge >= 0.3 is 24.5 Å². The number of carbonyl (C=O) groups excluding carboxylic acids is 4. The maximum Gasteiger partial charge on any atom is 0.586 e. The summed E-state index contributed by atoms with van der Waals surface area (Å²) in [6, 6.07) is 67.9. The van der Waals surface area contributed by atoms with Crippen molar-refractivity contribution in [3.05, 3.63) is 308 Å². The van der Waals surface area contributed by atoms with E-state index >= 15 is 0 Å². The Morgan fingerprint density at radius 2 is 0.808 bits per heavy atom. The molecule has 0 saturated heterocycles. The van der Waals surface area contributed by atoms with Crippen molar-refractivity contribution in [2.75, 3.05) is 24.9 Å². The topological polar surface area (TPSA) is 274 Å². The maximum atomic E-state index is 13.4. The second-order valence-corrected chi connectivity index (χ2v) is 32.5. The molecule has 0 radical (unpaired) electrons. The van der Waals surface area contributed by atoms with Gasteiger partial charge in [-0.15, -0.1) is 17.6 Å². The largest absolute Gasteiger partial charge is 0.586 e. The van der Waals surface area contributed by atoms with E-state index in [1.165, 1.54) is 47.5 Å². The van der Waals surface area contributed by atoms with Crippen LogP contribution in [0.1, 0.15) is 164 Å².